The van der Waals surface area contributed by atoms with Gasteiger partial charge in [-0.1, -0.05) is 18.2 Å². The van der Waals surface area contributed by atoms with Crippen molar-refractivity contribution in [1.29, 1.82) is 0 Å². The van der Waals surface area contributed by atoms with Crippen LogP contribution in [0, 0.1) is 5.82 Å². The molecule has 0 bridgehead atoms. The Kier molecular flexibility index (Phi) is 2.57. The molecular formula is C13H9FN4. The van der Waals surface area contributed by atoms with Crippen LogP contribution in [0.5, 0.6) is 0 Å². The van der Waals surface area contributed by atoms with Crippen molar-refractivity contribution < 1.29 is 4.39 Å². The number of benzene rings is 1. The molecule has 0 amide bonds. The fraction of sp³-hybridized carbons (Fsp3) is 0. The van der Waals surface area contributed by atoms with Crippen LogP contribution in [0.4, 0.5) is 4.39 Å². The minimum Gasteiger partial charge on any atom is -0.259 e. The number of aromatic nitrogens is 4. The molecule has 0 unspecified atom stereocenters. The summed E-state index contributed by atoms with van der Waals surface area (Å²) in [5, 5.41) is 6.76. The van der Waals surface area contributed by atoms with E-state index in [1.54, 1.807) is 30.5 Å². The second-order valence-corrected chi connectivity index (χ2v) is 3.70. The quantitative estimate of drug-likeness (QED) is 0.749. The summed E-state index contributed by atoms with van der Waals surface area (Å²) in [5.41, 5.74) is 1.04. The Labute approximate surface area is 103 Å². The first-order valence-electron chi connectivity index (χ1n) is 5.43. The summed E-state index contributed by atoms with van der Waals surface area (Å²) in [6.45, 7) is 0. The molecule has 2 aromatic heterocycles. The Morgan fingerprint density at radius 3 is 2.61 bits per heavy atom. The smallest absolute Gasteiger partial charge is 0.200 e. The molecule has 1 aromatic carbocycles. The molecule has 0 aliphatic rings. The van der Waals surface area contributed by atoms with Crippen LogP contribution in [0.25, 0.3) is 22.9 Å². The van der Waals surface area contributed by atoms with Gasteiger partial charge >= 0.3 is 0 Å². The van der Waals surface area contributed by atoms with Crippen molar-refractivity contribution in [2.75, 3.05) is 0 Å². The highest BCUT2D eigenvalue weighted by atomic mass is 19.1. The summed E-state index contributed by atoms with van der Waals surface area (Å²) < 4.78 is 13.6. The van der Waals surface area contributed by atoms with Crippen LogP contribution in [0.3, 0.4) is 0 Å². The van der Waals surface area contributed by atoms with Gasteiger partial charge in [0, 0.05) is 6.20 Å². The van der Waals surface area contributed by atoms with Gasteiger partial charge in [-0.3, -0.25) is 10.1 Å². The fourth-order valence-corrected chi connectivity index (χ4v) is 1.65. The molecule has 0 saturated carbocycles. The molecule has 0 radical (unpaired) electrons. The third-order valence-corrected chi connectivity index (χ3v) is 2.51. The number of halogens is 1. The van der Waals surface area contributed by atoms with Crippen LogP contribution in [0.15, 0.2) is 48.7 Å². The molecule has 0 aliphatic heterocycles. The second kappa shape index (κ2) is 4.37. The largest absolute Gasteiger partial charge is 0.259 e. The van der Waals surface area contributed by atoms with Gasteiger partial charge in [0.25, 0.3) is 0 Å². The molecule has 1 N–H and O–H groups in total. The van der Waals surface area contributed by atoms with Gasteiger partial charge in [-0.25, -0.2) is 9.37 Å². The molecule has 0 saturated heterocycles. The first-order chi connectivity index (χ1) is 8.84. The van der Waals surface area contributed by atoms with Crippen molar-refractivity contribution in [3.8, 4) is 22.9 Å². The van der Waals surface area contributed by atoms with E-state index in [0.29, 0.717) is 22.9 Å². The molecule has 3 rings (SSSR count). The molecule has 5 heteroatoms. The zero-order valence-electron chi connectivity index (χ0n) is 9.34. The van der Waals surface area contributed by atoms with E-state index in [9.17, 15) is 4.39 Å². The molecule has 0 aliphatic carbocycles. The Morgan fingerprint density at radius 2 is 1.83 bits per heavy atom. The van der Waals surface area contributed by atoms with Crippen molar-refractivity contribution in [3.05, 3.63) is 54.5 Å². The monoisotopic (exact) mass is 240 g/mol. The fourth-order valence-electron chi connectivity index (χ4n) is 1.65. The molecular weight excluding hydrogens is 231 g/mol. The van der Waals surface area contributed by atoms with Crippen LogP contribution in [-0.4, -0.2) is 20.2 Å². The molecule has 4 nitrogen and oxygen atoms in total. The van der Waals surface area contributed by atoms with E-state index in [4.69, 9.17) is 0 Å². The summed E-state index contributed by atoms with van der Waals surface area (Å²) in [5.74, 6) is 0.517. The van der Waals surface area contributed by atoms with E-state index in [1.165, 1.54) is 6.07 Å². The summed E-state index contributed by atoms with van der Waals surface area (Å²) in [7, 11) is 0. The lowest BCUT2D eigenvalue weighted by Gasteiger charge is -1.96. The van der Waals surface area contributed by atoms with E-state index in [2.05, 4.69) is 20.2 Å². The minimum absolute atomic E-state index is 0.332. The van der Waals surface area contributed by atoms with Crippen molar-refractivity contribution in [1.82, 2.24) is 20.2 Å². The minimum atomic E-state index is -0.332. The van der Waals surface area contributed by atoms with E-state index in [0.717, 1.165) is 0 Å². The summed E-state index contributed by atoms with van der Waals surface area (Å²) >= 11 is 0. The van der Waals surface area contributed by atoms with Crippen molar-refractivity contribution in [2.24, 2.45) is 0 Å². The summed E-state index contributed by atoms with van der Waals surface area (Å²) in [4.78, 5) is 8.38. The number of pyridine rings is 1. The van der Waals surface area contributed by atoms with Gasteiger partial charge in [0.05, 0.1) is 5.56 Å². The van der Waals surface area contributed by atoms with E-state index in [-0.39, 0.29) is 5.82 Å². The highest BCUT2D eigenvalue weighted by Crippen LogP contribution is 2.20. The molecule has 0 spiro atoms. The first kappa shape index (κ1) is 10.6. The number of nitrogens with one attached hydrogen (secondary N) is 1. The van der Waals surface area contributed by atoms with Crippen LogP contribution >= 0.6 is 0 Å². The Balaban J connectivity index is 2.03. The lowest BCUT2D eigenvalue weighted by Crippen LogP contribution is -1.86. The topological polar surface area (TPSA) is 54.5 Å². The predicted molar refractivity (Wildman–Crippen MR) is 65.0 cm³/mol. The number of H-pyrrole nitrogens is 1. The van der Waals surface area contributed by atoms with Gasteiger partial charge in [-0.15, -0.1) is 0 Å². The van der Waals surface area contributed by atoms with Crippen LogP contribution in [-0.2, 0) is 0 Å². The standard InChI is InChI=1S/C13H9FN4/c14-10-6-2-1-5-9(10)12-16-13(18-17-12)11-7-3-4-8-15-11/h1-8H,(H,16,17,18). The van der Waals surface area contributed by atoms with Gasteiger partial charge in [-0.05, 0) is 24.3 Å². The number of hydrogen-bond acceptors (Lipinski definition) is 3. The molecule has 18 heavy (non-hydrogen) atoms. The molecule has 2 heterocycles. The van der Waals surface area contributed by atoms with Crippen molar-refractivity contribution in [2.45, 2.75) is 0 Å². The molecule has 3 aromatic rings. The maximum Gasteiger partial charge on any atom is 0.200 e. The maximum absolute atomic E-state index is 13.6. The average molecular weight is 240 g/mol. The average Bonchev–Trinajstić information content (AvgIpc) is 2.90. The Bertz CT molecular complexity index is 664. The third-order valence-electron chi connectivity index (χ3n) is 2.51. The summed E-state index contributed by atoms with van der Waals surface area (Å²) in [6.07, 6.45) is 1.66. The highest BCUT2D eigenvalue weighted by molar-refractivity contribution is 5.59. The SMILES string of the molecule is Fc1ccccc1-c1nc(-c2ccccn2)n[nH]1. The predicted octanol–water partition coefficient (Wildman–Crippen LogP) is 2.67. The normalized spacial score (nSPS) is 10.5. The van der Waals surface area contributed by atoms with Crippen LogP contribution in [0.1, 0.15) is 0 Å². The van der Waals surface area contributed by atoms with Crippen molar-refractivity contribution >= 4 is 0 Å². The zero-order chi connectivity index (χ0) is 12.4. The molecule has 88 valence electrons. The lowest BCUT2D eigenvalue weighted by molar-refractivity contribution is 0.630. The Morgan fingerprint density at radius 1 is 1.00 bits per heavy atom. The maximum atomic E-state index is 13.6. The van der Waals surface area contributed by atoms with Gasteiger partial charge < -0.3 is 0 Å². The van der Waals surface area contributed by atoms with Gasteiger partial charge in [-0.2, -0.15) is 5.10 Å². The first-order valence-corrected chi connectivity index (χ1v) is 5.43. The number of nitrogens with zero attached hydrogens (tertiary/aromatic N) is 3. The zero-order valence-corrected chi connectivity index (χ0v) is 9.34. The van der Waals surface area contributed by atoms with Crippen LogP contribution in [0.2, 0.25) is 0 Å². The van der Waals surface area contributed by atoms with E-state index >= 15 is 0 Å². The third kappa shape index (κ3) is 1.86. The number of rotatable bonds is 2. The Hall–Kier alpha value is -2.56. The van der Waals surface area contributed by atoms with E-state index < -0.39 is 0 Å². The second-order valence-electron chi connectivity index (χ2n) is 3.70. The van der Waals surface area contributed by atoms with Crippen molar-refractivity contribution in [3.63, 3.8) is 0 Å². The van der Waals surface area contributed by atoms with Gasteiger partial charge in [0.15, 0.2) is 11.6 Å². The number of hydrogen-bond donors (Lipinski definition) is 1. The highest BCUT2D eigenvalue weighted by Gasteiger charge is 2.11. The number of aromatic amines is 1. The van der Waals surface area contributed by atoms with Gasteiger partial charge in [0.2, 0.25) is 0 Å². The summed E-state index contributed by atoms with van der Waals surface area (Å²) in [6, 6.07) is 11.9. The van der Waals surface area contributed by atoms with Gasteiger partial charge in [0.1, 0.15) is 11.5 Å². The molecule has 0 atom stereocenters. The van der Waals surface area contributed by atoms with E-state index in [1.807, 2.05) is 12.1 Å². The molecule has 0 fully saturated rings. The van der Waals surface area contributed by atoms with Crippen LogP contribution < -0.4 is 0 Å². The lowest BCUT2D eigenvalue weighted by atomic mass is 10.2.